The van der Waals surface area contributed by atoms with Gasteiger partial charge in [-0.1, -0.05) is 62.6 Å². The molecular formula is C24H36O3. The molecule has 0 radical (unpaired) electrons. The van der Waals surface area contributed by atoms with Crippen LogP contribution in [0.3, 0.4) is 0 Å². The van der Waals surface area contributed by atoms with Crippen molar-refractivity contribution in [3.8, 4) is 5.75 Å². The maximum absolute atomic E-state index is 11.8. The van der Waals surface area contributed by atoms with Gasteiger partial charge >= 0.3 is 5.97 Å². The van der Waals surface area contributed by atoms with E-state index in [9.17, 15) is 15.0 Å². The molecule has 0 saturated carbocycles. The summed E-state index contributed by atoms with van der Waals surface area (Å²) >= 11 is 0. The van der Waals surface area contributed by atoms with Crippen LogP contribution in [-0.2, 0) is 6.42 Å². The first-order valence-electron chi connectivity index (χ1n) is 10.0. The molecule has 0 fully saturated rings. The highest BCUT2D eigenvalue weighted by Gasteiger charge is 2.22. The molecule has 2 atom stereocenters. The molecule has 0 bridgehead atoms. The van der Waals surface area contributed by atoms with Crippen molar-refractivity contribution in [3.05, 3.63) is 52.1 Å². The molecule has 27 heavy (non-hydrogen) atoms. The summed E-state index contributed by atoms with van der Waals surface area (Å²) in [7, 11) is 0. The summed E-state index contributed by atoms with van der Waals surface area (Å²) in [4.78, 5) is 11.8. The zero-order chi connectivity index (χ0) is 20.6. The Hall–Kier alpha value is -2.03. The van der Waals surface area contributed by atoms with Crippen molar-refractivity contribution < 1.29 is 15.0 Å². The second kappa shape index (κ2) is 11.0. The molecule has 150 valence electrons. The van der Waals surface area contributed by atoms with Gasteiger partial charge in [0.1, 0.15) is 11.3 Å². The fourth-order valence-electron chi connectivity index (χ4n) is 3.32. The van der Waals surface area contributed by atoms with Crippen LogP contribution in [0.5, 0.6) is 5.75 Å². The van der Waals surface area contributed by atoms with Crippen molar-refractivity contribution in [2.24, 2.45) is 5.92 Å². The standard InChI is InChI=1S/C24H36O3/c1-7-17(4)15-19(6)21-14-13-20(23(25)22(21)24(26)27)12-11-18(5)10-8-9-16(2)3/h9,11,13-14,17,19,25H,7-8,10,12,15H2,1-6H3,(H,26,27)/b18-11+. The molecule has 0 aliphatic carbocycles. The van der Waals surface area contributed by atoms with Crippen LogP contribution in [0.1, 0.15) is 94.6 Å². The summed E-state index contributed by atoms with van der Waals surface area (Å²) in [5, 5.41) is 20.3. The lowest BCUT2D eigenvalue weighted by atomic mass is 9.86. The third kappa shape index (κ3) is 7.24. The number of rotatable bonds is 10. The van der Waals surface area contributed by atoms with Crippen molar-refractivity contribution in [2.45, 2.75) is 79.6 Å². The van der Waals surface area contributed by atoms with E-state index in [-0.39, 0.29) is 17.2 Å². The summed E-state index contributed by atoms with van der Waals surface area (Å²) in [6, 6.07) is 3.77. The number of carboxylic acids is 1. The number of phenols is 1. The second-order valence-electron chi connectivity index (χ2n) is 8.07. The fourth-order valence-corrected chi connectivity index (χ4v) is 3.32. The van der Waals surface area contributed by atoms with E-state index in [1.54, 1.807) is 0 Å². The first-order valence-corrected chi connectivity index (χ1v) is 10.0. The van der Waals surface area contributed by atoms with Gasteiger partial charge in [-0.15, -0.1) is 0 Å². The Morgan fingerprint density at radius 1 is 1.15 bits per heavy atom. The van der Waals surface area contributed by atoms with Gasteiger partial charge in [-0.2, -0.15) is 0 Å². The van der Waals surface area contributed by atoms with Gasteiger partial charge in [0, 0.05) is 0 Å². The second-order valence-corrected chi connectivity index (χ2v) is 8.07. The SMILES string of the molecule is CCC(C)CC(C)c1ccc(C/C=C(\C)CCC=C(C)C)c(O)c1C(=O)O. The van der Waals surface area contributed by atoms with E-state index in [1.165, 1.54) is 11.1 Å². The minimum absolute atomic E-state index is 0.0684. The van der Waals surface area contributed by atoms with E-state index in [1.807, 2.05) is 19.1 Å². The summed E-state index contributed by atoms with van der Waals surface area (Å²) in [6.45, 7) is 12.6. The average molecular weight is 373 g/mol. The molecule has 1 aromatic carbocycles. The van der Waals surface area contributed by atoms with Gasteiger partial charge in [0.2, 0.25) is 0 Å². The first kappa shape index (κ1) is 23.0. The molecule has 0 amide bonds. The Morgan fingerprint density at radius 2 is 1.81 bits per heavy atom. The smallest absolute Gasteiger partial charge is 0.339 e. The number of carbonyl (C=O) groups is 1. The zero-order valence-electron chi connectivity index (χ0n) is 17.8. The number of carboxylic acid groups (broad SMARTS) is 1. The molecular weight excluding hydrogens is 336 g/mol. The van der Waals surface area contributed by atoms with E-state index in [0.29, 0.717) is 17.9 Å². The molecule has 0 aliphatic rings. The fraction of sp³-hybridized carbons (Fsp3) is 0.542. The average Bonchev–Trinajstić information content (AvgIpc) is 2.59. The Morgan fingerprint density at radius 3 is 2.37 bits per heavy atom. The third-order valence-electron chi connectivity index (χ3n) is 5.25. The lowest BCUT2D eigenvalue weighted by molar-refractivity contribution is 0.0691. The Labute approximate surface area is 164 Å². The molecule has 2 unspecified atom stereocenters. The number of allylic oxidation sites excluding steroid dienone is 4. The molecule has 0 aliphatic heterocycles. The molecule has 0 saturated heterocycles. The summed E-state index contributed by atoms with van der Waals surface area (Å²) in [5.74, 6) is -0.504. The lowest BCUT2D eigenvalue weighted by Crippen LogP contribution is -2.09. The lowest BCUT2D eigenvalue weighted by Gasteiger charge is -2.20. The molecule has 3 nitrogen and oxygen atoms in total. The van der Waals surface area contributed by atoms with Crippen LogP contribution in [-0.4, -0.2) is 16.2 Å². The van der Waals surface area contributed by atoms with E-state index in [2.05, 4.69) is 46.8 Å². The van der Waals surface area contributed by atoms with Crippen LogP contribution in [0.15, 0.2) is 35.4 Å². The molecule has 0 aromatic heterocycles. The minimum Gasteiger partial charge on any atom is -0.507 e. The number of benzene rings is 1. The summed E-state index contributed by atoms with van der Waals surface area (Å²) < 4.78 is 0. The third-order valence-corrected chi connectivity index (χ3v) is 5.25. The van der Waals surface area contributed by atoms with Gasteiger partial charge in [-0.3, -0.25) is 0 Å². The highest BCUT2D eigenvalue weighted by molar-refractivity contribution is 5.93. The van der Waals surface area contributed by atoms with E-state index >= 15 is 0 Å². The van der Waals surface area contributed by atoms with Gasteiger partial charge in [-0.05, 0) is 69.4 Å². The number of hydrogen-bond donors (Lipinski definition) is 2. The molecule has 3 heteroatoms. The van der Waals surface area contributed by atoms with E-state index in [4.69, 9.17) is 0 Å². The maximum Gasteiger partial charge on any atom is 0.339 e. The first-order chi connectivity index (χ1) is 12.7. The van der Waals surface area contributed by atoms with Gasteiger partial charge in [-0.25, -0.2) is 4.79 Å². The van der Waals surface area contributed by atoms with Crippen LogP contribution in [0, 0.1) is 5.92 Å². The normalized spacial score (nSPS) is 13.9. The van der Waals surface area contributed by atoms with Crippen molar-refractivity contribution in [1.29, 1.82) is 0 Å². The van der Waals surface area contributed by atoms with Crippen molar-refractivity contribution >= 4 is 5.97 Å². The summed E-state index contributed by atoms with van der Waals surface area (Å²) in [5.41, 5.74) is 4.03. The quantitative estimate of drug-likeness (QED) is 0.441. The number of aromatic hydroxyl groups is 1. The topological polar surface area (TPSA) is 57.5 Å². The summed E-state index contributed by atoms with van der Waals surface area (Å²) in [6.07, 6.45) is 8.80. The molecule has 1 aromatic rings. The van der Waals surface area contributed by atoms with Crippen LogP contribution >= 0.6 is 0 Å². The number of hydrogen-bond acceptors (Lipinski definition) is 2. The Bertz CT molecular complexity index is 694. The van der Waals surface area contributed by atoms with Crippen molar-refractivity contribution in [3.63, 3.8) is 0 Å². The van der Waals surface area contributed by atoms with E-state index < -0.39 is 5.97 Å². The van der Waals surface area contributed by atoms with Gasteiger partial charge in [0.15, 0.2) is 0 Å². The predicted octanol–water partition coefficient (Wildman–Crippen LogP) is 6.87. The van der Waals surface area contributed by atoms with Crippen LogP contribution in [0.4, 0.5) is 0 Å². The molecule has 2 N–H and O–H groups in total. The Kier molecular flexibility index (Phi) is 9.34. The van der Waals surface area contributed by atoms with E-state index in [0.717, 1.165) is 31.2 Å². The van der Waals surface area contributed by atoms with Crippen molar-refractivity contribution in [2.75, 3.05) is 0 Å². The molecule has 0 heterocycles. The van der Waals surface area contributed by atoms with Crippen LogP contribution < -0.4 is 0 Å². The highest BCUT2D eigenvalue weighted by Crippen LogP contribution is 2.34. The van der Waals surface area contributed by atoms with Crippen LogP contribution in [0.25, 0.3) is 0 Å². The van der Waals surface area contributed by atoms with Crippen LogP contribution in [0.2, 0.25) is 0 Å². The van der Waals surface area contributed by atoms with Crippen molar-refractivity contribution in [1.82, 2.24) is 0 Å². The van der Waals surface area contributed by atoms with Gasteiger partial charge in [0.05, 0.1) is 0 Å². The predicted molar refractivity (Wildman–Crippen MR) is 114 cm³/mol. The largest absolute Gasteiger partial charge is 0.507 e. The monoisotopic (exact) mass is 372 g/mol. The molecule has 1 rings (SSSR count). The molecule has 0 spiro atoms. The van der Waals surface area contributed by atoms with Gasteiger partial charge < -0.3 is 10.2 Å². The zero-order valence-corrected chi connectivity index (χ0v) is 17.8. The van der Waals surface area contributed by atoms with Gasteiger partial charge in [0.25, 0.3) is 0 Å². The number of aromatic carboxylic acids is 1. The highest BCUT2D eigenvalue weighted by atomic mass is 16.4. The maximum atomic E-state index is 11.8. The minimum atomic E-state index is -1.05. The Balaban J connectivity index is 3.03.